The van der Waals surface area contributed by atoms with Crippen LogP contribution in [0.4, 0.5) is 5.82 Å². The lowest BCUT2D eigenvalue weighted by Crippen LogP contribution is -2.27. The molecule has 4 N–H and O–H groups in total. The Morgan fingerprint density at radius 1 is 1.27 bits per heavy atom. The van der Waals surface area contributed by atoms with Gasteiger partial charge in [0, 0.05) is 12.2 Å². The maximum atomic E-state index is 5.88. The summed E-state index contributed by atoms with van der Waals surface area (Å²) in [5, 5.41) is 0. The van der Waals surface area contributed by atoms with Gasteiger partial charge >= 0.3 is 0 Å². The van der Waals surface area contributed by atoms with Crippen molar-refractivity contribution in [3.8, 4) is 0 Å². The Balaban J connectivity index is 1.92. The van der Waals surface area contributed by atoms with Crippen LogP contribution in [0.3, 0.4) is 0 Å². The van der Waals surface area contributed by atoms with Gasteiger partial charge in [0.1, 0.15) is 5.82 Å². The molecule has 15 heavy (non-hydrogen) atoms. The predicted molar refractivity (Wildman–Crippen MR) is 62.3 cm³/mol. The lowest BCUT2D eigenvalue weighted by molar-refractivity contribution is 0.325. The molecule has 2 rings (SSSR count). The average molecular weight is 205 g/mol. The third kappa shape index (κ3) is 2.93. The van der Waals surface area contributed by atoms with Crippen molar-refractivity contribution < 1.29 is 0 Å². The van der Waals surface area contributed by atoms with E-state index in [0.717, 1.165) is 12.3 Å². The van der Waals surface area contributed by atoms with Gasteiger partial charge in [0.05, 0.1) is 0 Å². The van der Waals surface area contributed by atoms with Gasteiger partial charge in [-0.2, -0.15) is 0 Å². The third-order valence-corrected chi connectivity index (χ3v) is 3.26. The molecular weight excluding hydrogens is 186 g/mol. The number of rotatable bonds is 2. The third-order valence-electron chi connectivity index (χ3n) is 3.26. The van der Waals surface area contributed by atoms with Crippen LogP contribution in [0, 0.1) is 5.92 Å². The summed E-state index contributed by atoms with van der Waals surface area (Å²) in [6.45, 7) is 0. The zero-order valence-corrected chi connectivity index (χ0v) is 9.02. The summed E-state index contributed by atoms with van der Waals surface area (Å²) in [5.41, 5.74) is 12.8. The van der Waals surface area contributed by atoms with Crippen molar-refractivity contribution in [3.63, 3.8) is 0 Å². The second-order valence-electron chi connectivity index (χ2n) is 4.57. The second-order valence-corrected chi connectivity index (χ2v) is 4.57. The van der Waals surface area contributed by atoms with E-state index in [1.54, 1.807) is 6.20 Å². The van der Waals surface area contributed by atoms with Crippen LogP contribution in [0.25, 0.3) is 0 Å². The molecule has 1 fully saturated rings. The van der Waals surface area contributed by atoms with Gasteiger partial charge in [0.25, 0.3) is 0 Å². The number of nitrogens with two attached hydrogens (primary N) is 2. The normalized spacial score (nSPS) is 26.5. The number of nitrogens with zero attached hydrogens (tertiary/aromatic N) is 1. The highest BCUT2D eigenvalue weighted by Crippen LogP contribution is 2.26. The molecule has 0 spiro atoms. The summed E-state index contributed by atoms with van der Waals surface area (Å²) in [6.07, 6.45) is 7.77. The molecule has 1 aliphatic carbocycles. The Labute approximate surface area is 90.9 Å². The lowest BCUT2D eigenvalue weighted by atomic mass is 9.83. The largest absolute Gasteiger partial charge is 0.384 e. The minimum atomic E-state index is 0.434. The maximum Gasteiger partial charge on any atom is 0.123 e. The Bertz CT molecular complexity index is 316. The van der Waals surface area contributed by atoms with Gasteiger partial charge in [-0.25, -0.2) is 4.98 Å². The molecule has 82 valence electrons. The summed E-state index contributed by atoms with van der Waals surface area (Å²) in [7, 11) is 0. The first kappa shape index (κ1) is 10.4. The van der Waals surface area contributed by atoms with E-state index >= 15 is 0 Å². The lowest BCUT2D eigenvalue weighted by Gasteiger charge is -2.26. The number of aromatic nitrogens is 1. The Kier molecular flexibility index (Phi) is 3.21. The van der Waals surface area contributed by atoms with Crippen molar-refractivity contribution in [1.29, 1.82) is 0 Å². The predicted octanol–water partition coefficient (Wildman–Crippen LogP) is 1.72. The Morgan fingerprint density at radius 3 is 2.67 bits per heavy atom. The van der Waals surface area contributed by atoms with Gasteiger partial charge in [0.15, 0.2) is 0 Å². The first-order valence-electron chi connectivity index (χ1n) is 5.70. The molecule has 3 heteroatoms. The molecule has 1 aromatic rings. The molecule has 3 nitrogen and oxygen atoms in total. The molecule has 0 amide bonds. The van der Waals surface area contributed by atoms with Crippen molar-refractivity contribution in [1.82, 2.24) is 4.98 Å². The Hall–Kier alpha value is -1.09. The summed E-state index contributed by atoms with van der Waals surface area (Å²) in [5.74, 6) is 1.41. The number of hydrogen-bond donors (Lipinski definition) is 2. The van der Waals surface area contributed by atoms with Crippen LogP contribution in [0.1, 0.15) is 31.2 Å². The van der Waals surface area contributed by atoms with Gasteiger partial charge in [-0.3, -0.25) is 0 Å². The fourth-order valence-electron chi connectivity index (χ4n) is 2.35. The monoisotopic (exact) mass is 205 g/mol. The summed E-state index contributed by atoms with van der Waals surface area (Å²) in [4.78, 5) is 4.00. The van der Waals surface area contributed by atoms with Crippen molar-refractivity contribution in [2.24, 2.45) is 11.7 Å². The standard InChI is InChI=1S/C12H19N3/c13-11-3-1-9(2-4-11)7-10-5-6-15-12(14)8-10/h5-6,8-9,11H,1-4,7,13H2,(H2,14,15). The number of nitrogen functional groups attached to an aromatic ring is 1. The number of pyridine rings is 1. The van der Waals surface area contributed by atoms with Crippen LogP contribution in [-0.2, 0) is 6.42 Å². The zero-order valence-electron chi connectivity index (χ0n) is 9.02. The molecule has 0 bridgehead atoms. The van der Waals surface area contributed by atoms with E-state index in [1.165, 1.54) is 31.2 Å². The van der Waals surface area contributed by atoms with Crippen LogP contribution in [0.15, 0.2) is 18.3 Å². The molecule has 1 aliphatic rings. The van der Waals surface area contributed by atoms with Crippen LogP contribution in [0.2, 0.25) is 0 Å². The van der Waals surface area contributed by atoms with E-state index in [4.69, 9.17) is 11.5 Å². The molecular formula is C12H19N3. The average Bonchev–Trinajstić information content (AvgIpc) is 2.22. The van der Waals surface area contributed by atoms with E-state index in [-0.39, 0.29) is 0 Å². The molecule has 0 unspecified atom stereocenters. The summed E-state index contributed by atoms with van der Waals surface area (Å²) in [6, 6.07) is 4.48. The van der Waals surface area contributed by atoms with E-state index in [2.05, 4.69) is 11.1 Å². The van der Waals surface area contributed by atoms with Crippen molar-refractivity contribution >= 4 is 5.82 Å². The SMILES string of the molecule is Nc1cc(CC2CCC(N)CC2)ccn1. The highest BCUT2D eigenvalue weighted by atomic mass is 14.8. The molecule has 1 saturated carbocycles. The van der Waals surface area contributed by atoms with Gasteiger partial charge in [-0.05, 0) is 55.7 Å². The molecule has 0 aromatic carbocycles. The smallest absolute Gasteiger partial charge is 0.123 e. The van der Waals surface area contributed by atoms with Crippen LogP contribution >= 0.6 is 0 Å². The van der Waals surface area contributed by atoms with Gasteiger partial charge in [-0.15, -0.1) is 0 Å². The minimum absolute atomic E-state index is 0.434. The van der Waals surface area contributed by atoms with E-state index in [0.29, 0.717) is 11.9 Å². The van der Waals surface area contributed by atoms with E-state index in [1.807, 2.05) is 6.07 Å². The molecule has 1 heterocycles. The van der Waals surface area contributed by atoms with Crippen molar-refractivity contribution in [2.75, 3.05) is 5.73 Å². The van der Waals surface area contributed by atoms with Gasteiger partial charge in [0.2, 0.25) is 0 Å². The number of hydrogen-bond acceptors (Lipinski definition) is 3. The van der Waals surface area contributed by atoms with Crippen LogP contribution in [-0.4, -0.2) is 11.0 Å². The van der Waals surface area contributed by atoms with Crippen molar-refractivity contribution in [3.05, 3.63) is 23.9 Å². The molecule has 0 radical (unpaired) electrons. The fraction of sp³-hybridized carbons (Fsp3) is 0.583. The topological polar surface area (TPSA) is 64.9 Å². The molecule has 0 saturated heterocycles. The first-order valence-corrected chi connectivity index (χ1v) is 5.70. The van der Waals surface area contributed by atoms with E-state index in [9.17, 15) is 0 Å². The maximum absolute atomic E-state index is 5.88. The van der Waals surface area contributed by atoms with Crippen molar-refractivity contribution in [2.45, 2.75) is 38.1 Å². The minimum Gasteiger partial charge on any atom is -0.384 e. The number of anilines is 1. The van der Waals surface area contributed by atoms with Gasteiger partial charge in [-0.1, -0.05) is 0 Å². The quantitative estimate of drug-likeness (QED) is 0.772. The zero-order chi connectivity index (χ0) is 10.7. The molecule has 1 aromatic heterocycles. The molecule has 0 aliphatic heterocycles. The summed E-state index contributed by atoms with van der Waals surface area (Å²) < 4.78 is 0. The first-order chi connectivity index (χ1) is 7.24. The Morgan fingerprint density at radius 2 is 2.00 bits per heavy atom. The summed E-state index contributed by atoms with van der Waals surface area (Å²) >= 11 is 0. The van der Waals surface area contributed by atoms with E-state index < -0.39 is 0 Å². The van der Waals surface area contributed by atoms with Gasteiger partial charge < -0.3 is 11.5 Å². The van der Waals surface area contributed by atoms with Crippen LogP contribution in [0.5, 0.6) is 0 Å². The van der Waals surface area contributed by atoms with Crippen LogP contribution < -0.4 is 11.5 Å². The second kappa shape index (κ2) is 4.62. The highest BCUT2D eigenvalue weighted by Gasteiger charge is 2.18. The molecule has 0 atom stereocenters. The fourth-order valence-corrected chi connectivity index (χ4v) is 2.35. The highest BCUT2D eigenvalue weighted by molar-refractivity contribution is 5.31.